The normalized spacial score (nSPS) is 11.9. The number of aromatic nitrogens is 3. The van der Waals surface area contributed by atoms with Gasteiger partial charge in [-0.1, -0.05) is 48.9 Å². The third-order valence-corrected chi connectivity index (χ3v) is 4.91. The average Bonchev–Trinajstić information content (AvgIpc) is 2.68. The number of anilines is 1. The van der Waals surface area contributed by atoms with Crippen molar-refractivity contribution in [2.45, 2.75) is 40.2 Å². The molecule has 2 aromatic carbocycles. The first-order chi connectivity index (χ1) is 13.4. The fourth-order valence-electron chi connectivity index (χ4n) is 3.00. The number of carbonyl (C=O) groups excluding carboxylic acids is 1. The molecule has 1 aromatic heterocycles. The summed E-state index contributed by atoms with van der Waals surface area (Å²) < 4.78 is 1.15. The Bertz CT molecular complexity index is 1050. The molecule has 1 heterocycles. The fourth-order valence-corrected chi connectivity index (χ4v) is 3.00. The summed E-state index contributed by atoms with van der Waals surface area (Å²) in [6.07, 6.45) is 1.95. The minimum Gasteiger partial charge on any atom is -0.324 e. The molecule has 1 N–H and O–H groups in total. The number of aryl methyl sites for hydroxylation is 2. The predicted octanol–water partition coefficient (Wildman–Crippen LogP) is 3.82. The van der Waals surface area contributed by atoms with Crippen molar-refractivity contribution in [3.8, 4) is 11.3 Å². The maximum atomic E-state index is 12.8. The van der Waals surface area contributed by atoms with Gasteiger partial charge in [-0.05, 0) is 44.4 Å². The molecule has 1 atom stereocenters. The highest BCUT2D eigenvalue weighted by Crippen LogP contribution is 2.20. The zero-order chi connectivity index (χ0) is 20.3. The van der Waals surface area contributed by atoms with Gasteiger partial charge in [-0.3, -0.25) is 4.79 Å². The Morgan fingerprint density at radius 1 is 1.11 bits per heavy atom. The van der Waals surface area contributed by atoms with E-state index in [-0.39, 0.29) is 5.91 Å². The number of benzene rings is 2. The molecule has 1 amide bonds. The van der Waals surface area contributed by atoms with Crippen LogP contribution in [0.25, 0.3) is 11.3 Å². The second kappa shape index (κ2) is 8.17. The van der Waals surface area contributed by atoms with Crippen molar-refractivity contribution in [2.24, 2.45) is 0 Å². The molecule has 0 bridgehead atoms. The highest BCUT2D eigenvalue weighted by molar-refractivity contribution is 5.94. The first-order valence-electron chi connectivity index (χ1n) is 9.30. The van der Waals surface area contributed by atoms with E-state index in [0.29, 0.717) is 12.1 Å². The SMILES string of the molecule is CCC(C(=O)Nc1cccc(C)c1C)n1ncc(-c2ccc(C)cc2)nc1=O. The van der Waals surface area contributed by atoms with Crippen LogP contribution in [-0.2, 0) is 4.79 Å². The molecule has 0 aliphatic heterocycles. The van der Waals surface area contributed by atoms with Gasteiger partial charge in [-0.15, -0.1) is 0 Å². The van der Waals surface area contributed by atoms with Gasteiger partial charge in [0.1, 0.15) is 6.04 Å². The minimum atomic E-state index is -0.730. The Morgan fingerprint density at radius 2 is 1.82 bits per heavy atom. The van der Waals surface area contributed by atoms with Gasteiger partial charge < -0.3 is 5.32 Å². The van der Waals surface area contributed by atoms with E-state index in [1.165, 1.54) is 6.20 Å². The second-order valence-corrected chi connectivity index (χ2v) is 6.90. The monoisotopic (exact) mass is 376 g/mol. The Balaban J connectivity index is 1.87. The Hall–Kier alpha value is -3.28. The summed E-state index contributed by atoms with van der Waals surface area (Å²) in [6, 6.07) is 12.7. The molecule has 0 saturated carbocycles. The van der Waals surface area contributed by atoms with Crippen LogP contribution in [-0.4, -0.2) is 20.7 Å². The van der Waals surface area contributed by atoms with Crippen molar-refractivity contribution in [1.82, 2.24) is 14.8 Å². The average molecular weight is 376 g/mol. The Kier molecular flexibility index (Phi) is 5.68. The summed E-state index contributed by atoms with van der Waals surface area (Å²) in [5, 5.41) is 7.15. The molecule has 0 saturated heterocycles. The molecule has 0 aliphatic rings. The molecule has 6 nitrogen and oxygen atoms in total. The van der Waals surface area contributed by atoms with Crippen molar-refractivity contribution in [1.29, 1.82) is 0 Å². The van der Waals surface area contributed by atoms with E-state index < -0.39 is 11.7 Å². The van der Waals surface area contributed by atoms with Gasteiger partial charge in [0.15, 0.2) is 0 Å². The minimum absolute atomic E-state index is 0.282. The highest BCUT2D eigenvalue weighted by atomic mass is 16.2. The lowest BCUT2D eigenvalue weighted by atomic mass is 10.1. The molecule has 0 radical (unpaired) electrons. The summed E-state index contributed by atoms with van der Waals surface area (Å²) in [5.74, 6) is -0.282. The van der Waals surface area contributed by atoms with Crippen LogP contribution in [0.1, 0.15) is 36.1 Å². The first-order valence-corrected chi connectivity index (χ1v) is 9.30. The zero-order valence-corrected chi connectivity index (χ0v) is 16.6. The van der Waals surface area contributed by atoms with Crippen molar-refractivity contribution in [2.75, 3.05) is 5.32 Å². The standard InChI is InChI=1S/C22H24N4O2/c1-5-20(21(27)24-18-8-6-7-15(3)16(18)4)26-22(28)25-19(13-23-26)17-11-9-14(2)10-12-17/h6-13,20H,5H2,1-4H3,(H,24,27). The summed E-state index contributed by atoms with van der Waals surface area (Å²) in [5.41, 5.74) is 4.71. The number of carbonyl (C=O) groups is 1. The van der Waals surface area contributed by atoms with Gasteiger partial charge in [-0.25, -0.2) is 9.48 Å². The van der Waals surface area contributed by atoms with Crippen molar-refractivity contribution >= 4 is 11.6 Å². The van der Waals surface area contributed by atoms with E-state index in [2.05, 4.69) is 15.4 Å². The summed E-state index contributed by atoms with van der Waals surface area (Å²) in [7, 11) is 0. The van der Waals surface area contributed by atoms with E-state index in [9.17, 15) is 9.59 Å². The lowest BCUT2D eigenvalue weighted by Gasteiger charge is -2.18. The van der Waals surface area contributed by atoms with Gasteiger partial charge in [0.25, 0.3) is 0 Å². The maximum Gasteiger partial charge on any atom is 0.365 e. The molecule has 0 aliphatic carbocycles. The lowest BCUT2D eigenvalue weighted by molar-refractivity contribution is -0.119. The summed E-state index contributed by atoms with van der Waals surface area (Å²) in [6.45, 7) is 7.78. The van der Waals surface area contributed by atoms with Crippen molar-refractivity contribution in [3.63, 3.8) is 0 Å². The van der Waals surface area contributed by atoms with E-state index in [4.69, 9.17) is 0 Å². The molecule has 1 unspecified atom stereocenters. The van der Waals surface area contributed by atoms with Gasteiger partial charge in [0, 0.05) is 11.3 Å². The molecular weight excluding hydrogens is 352 g/mol. The van der Waals surface area contributed by atoms with Crippen molar-refractivity contribution in [3.05, 3.63) is 75.8 Å². The number of hydrogen-bond donors (Lipinski definition) is 1. The van der Waals surface area contributed by atoms with Gasteiger partial charge >= 0.3 is 5.69 Å². The smallest absolute Gasteiger partial charge is 0.324 e. The maximum absolute atomic E-state index is 12.8. The molecule has 3 aromatic rings. The Morgan fingerprint density at radius 3 is 2.46 bits per heavy atom. The van der Waals surface area contributed by atoms with E-state index in [1.807, 2.05) is 70.2 Å². The van der Waals surface area contributed by atoms with Crippen LogP contribution in [0.15, 0.2) is 53.5 Å². The van der Waals surface area contributed by atoms with Crippen LogP contribution in [0, 0.1) is 20.8 Å². The van der Waals surface area contributed by atoms with Crippen LogP contribution in [0.4, 0.5) is 5.69 Å². The van der Waals surface area contributed by atoms with E-state index in [0.717, 1.165) is 32.6 Å². The molecule has 0 fully saturated rings. The van der Waals surface area contributed by atoms with Crippen LogP contribution in [0.5, 0.6) is 0 Å². The van der Waals surface area contributed by atoms with Crippen molar-refractivity contribution < 1.29 is 4.79 Å². The number of rotatable bonds is 5. The van der Waals surface area contributed by atoms with Gasteiger partial charge in [0.2, 0.25) is 5.91 Å². The molecular formula is C22H24N4O2. The third-order valence-electron chi connectivity index (χ3n) is 4.91. The predicted molar refractivity (Wildman–Crippen MR) is 110 cm³/mol. The van der Waals surface area contributed by atoms with Crippen LogP contribution < -0.4 is 11.0 Å². The summed E-state index contributed by atoms with van der Waals surface area (Å²) in [4.78, 5) is 29.5. The zero-order valence-electron chi connectivity index (χ0n) is 16.6. The van der Waals surface area contributed by atoms with Crippen LogP contribution >= 0.6 is 0 Å². The third kappa shape index (κ3) is 4.01. The quantitative estimate of drug-likeness (QED) is 0.734. The van der Waals surface area contributed by atoms with Gasteiger partial charge in [-0.2, -0.15) is 10.1 Å². The second-order valence-electron chi connectivity index (χ2n) is 6.90. The molecule has 6 heteroatoms. The molecule has 144 valence electrons. The molecule has 3 rings (SSSR count). The number of amides is 1. The summed E-state index contributed by atoms with van der Waals surface area (Å²) >= 11 is 0. The number of nitrogens with zero attached hydrogens (tertiary/aromatic N) is 3. The van der Waals surface area contributed by atoms with E-state index in [1.54, 1.807) is 0 Å². The molecule has 28 heavy (non-hydrogen) atoms. The van der Waals surface area contributed by atoms with E-state index >= 15 is 0 Å². The Labute approximate surface area is 164 Å². The highest BCUT2D eigenvalue weighted by Gasteiger charge is 2.22. The largest absolute Gasteiger partial charge is 0.365 e. The first kappa shape index (κ1) is 19.5. The van der Waals surface area contributed by atoms with Crippen LogP contribution in [0.3, 0.4) is 0 Å². The lowest BCUT2D eigenvalue weighted by Crippen LogP contribution is -2.36. The van der Waals surface area contributed by atoms with Crippen LogP contribution in [0.2, 0.25) is 0 Å². The number of hydrogen-bond acceptors (Lipinski definition) is 4. The fraction of sp³-hybridized carbons (Fsp3) is 0.273. The van der Waals surface area contributed by atoms with Gasteiger partial charge in [0.05, 0.1) is 11.9 Å². The molecule has 0 spiro atoms. The topological polar surface area (TPSA) is 76.9 Å². The number of nitrogens with one attached hydrogen (secondary N) is 1.